The van der Waals surface area contributed by atoms with Crippen molar-refractivity contribution in [3.8, 4) is 28.7 Å². The van der Waals surface area contributed by atoms with Crippen LogP contribution in [0, 0.1) is 0 Å². The van der Waals surface area contributed by atoms with Crippen LogP contribution >= 0.6 is 0 Å². The van der Waals surface area contributed by atoms with Crippen LogP contribution in [0.4, 0.5) is 0 Å². The molecule has 0 radical (unpaired) electrons. The molecule has 0 bridgehead atoms. The molecule has 33 heavy (non-hydrogen) atoms. The smallest absolute Gasteiger partial charge is 0.231 e. The number of fused-ring (bicyclic) bond motifs is 1. The number of Topliss-reactive ketones (excluding diaryl/α,β-unsaturated/α-hetero) is 2. The van der Waals surface area contributed by atoms with Crippen molar-refractivity contribution in [3.63, 3.8) is 0 Å². The van der Waals surface area contributed by atoms with Gasteiger partial charge in [0.2, 0.25) is 5.78 Å². The average molecular weight is 446 g/mol. The summed E-state index contributed by atoms with van der Waals surface area (Å²) in [4.78, 5) is 25.1. The summed E-state index contributed by atoms with van der Waals surface area (Å²) in [6.45, 7) is -0.145. The van der Waals surface area contributed by atoms with Gasteiger partial charge in [-0.2, -0.15) is 0 Å². The number of hydrogen-bond donors (Lipinski definition) is 0. The molecule has 3 aromatic carbocycles. The first-order chi connectivity index (χ1) is 16.0. The second-order valence-corrected chi connectivity index (χ2v) is 7.15. The quantitative estimate of drug-likeness (QED) is 0.370. The fourth-order valence-corrected chi connectivity index (χ4v) is 3.36. The highest BCUT2D eigenvalue weighted by molar-refractivity contribution is 6.14. The van der Waals surface area contributed by atoms with Crippen LogP contribution in [0.2, 0.25) is 0 Å². The zero-order chi connectivity index (χ0) is 23.4. The summed E-state index contributed by atoms with van der Waals surface area (Å²) < 4.78 is 27.0. The van der Waals surface area contributed by atoms with Gasteiger partial charge in [-0.05, 0) is 60.2 Å². The lowest BCUT2D eigenvalue weighted by molar-refractivity contribution is 0.0920. The van der Waals surface area contributed by atoms with Crippen molar-refractivity contribution in [1.29, 1.82) is 0 Å². The first-order valence-electron chi connectivity index (χ1n) is 10.1. The first-order valence-corrected chi connectivity index (χ1v) is 10.1. The Hall–Kier alpha value is -4.26. The van der Waals surface area contributed by atoms with Gasteiger partial charge in [0, 0.05) is 11.6 Å². The van der Waals surface area contributed by atoms with Crippen LogP contribution in [0.3, 0.4) is 0 Å². The molecule has 0 unspecified atom stereocenters. The van der Waals surface area contributed by atoms with Crippen molar-refractivity contribution >= 4 is 17.6 Å². The minimum absolute atomic E-state index is 0.145. The van der Waals surface area contributed by atoms with Gasteiger partial charge in [0.15, 0.2) is 29.6 Å². The van der Waals surface area contributed by atoms with E-state index >= 15 is 0 Å². The second kappa shape index (κ2) is 9.48. The summed E-state index contributed by atoms with van der Waals surface area (Å²) in [6, 6.07) is 17.0. The number of benzene rings is 3. The Labute approximate surface area is 191 Å². The molecule has 7 heteroatoms. The Bertz CT molecular complexity index is 1230. The molecule has 0 spiro atoms. The second-order valence-electron chi connectivity index (χ2n) is 7.15. The third-order valence-corrected chi connectivity index (χ3v) is 5.13. The summed E-state index contributed by atoms with van der Waals surface area (Å²) in [7, 11) is 4.66. The van der Waals surface area contributed by atoms with Crippen molar-refractivity contribution in [2.75, 3.05) is 27.9 Å². The number of methoxy groups -OCH3 is 3. The number of carbonyl (C=O) groups excluding carboxylic acids is 2. The lowest BCUT2D eigenvalue weighted by atomic mass is 10.1. The van der Waals surface area contributed by atoms with Gasteiger partial charge in [-0.25, -0.2) is 0 Å². The van der Waals surface area contributed by atoms with Gasteiger partial charge in [-0.1, -0.05) is 6.07 Å². The number of hydrogen-bond acceptors (Lipinski definition) is 7. The summed E-state index contributed by atoms with van der Waals surface area (Å²) in [5, 5.41) is 0. The summed E-state index contributed by atoms with van der Waals surface area (Å²) in [5.74, 6) is 2.38. The molecule has 1 aliphatic heterocycles. The van der Waals surface area contributed by atoms with Crippen LogP contribution in [-0.4, -0.2) is 39.5 Å². The SMILES string of the molecule is COc1ccc(C(=O)COc2ccc3c(c2)O/C(=C\c2ccc(OC)c(OC)c2)C3=O)cc1. The fraction of sp³-hybridized carbons (Fsp3) is 0.154. The van der Waals surface area contributed by atoms with E-state index in [1.165, 1.54) is 0 Å². The van der Waals surface area contributed by atoms with Gasteiger partial charge in [-0.15, -0.1) is 0 Å². The minimum atomic E-state index is -0.236. The monoisotopic (exact) mass is 446 g/mol. The molecular weight excluding hydrogens is 424 g/mol. The molecule has 1 heterocycles. The van der Waals surface area contributed by atoms with Gasteiger partial charge in [0.05, 0.1) is 26.9 Å². The van der Waals surface area contributed by atoms with Crippen molar-refractivity contribution < 1.29 is 33.3 Å². The van der Waals surface area contributed by atoms with Crippen LogP contribution in [-0.2, 0) is 0 Å². The van der Waals surface area contributed by atoms with E-state index in [4.69, 9.17) is 23.7 Å². The maximum Gasteiger partial charge on any atom is 0.231 e. The van der Waals surface area contributed by atoms with E-state index in [1.54, 1.807) is 88.1 Å². The van der Waals surface area contributed by atoms with Gasteiger partial charge in [-0.3, -0.25) is 9.59 Å². The zero-order valence-electron chi connectivity index (χ0n) is 18.4. The lowest BCUT2D eigenvalue weighted by Gasteiger charge is -2.08. The largest absolute Gasteiger partial charge is 0.497 e. The predicted octanol–water partition coefficient (Wildman–Crippen LogP) is 4.59. The number of ether oxygens (including phenoxy) is 5. The van der Waals surface area contributed by atoms with E-state index in [-0.39, 0.29) is 23.9 Å². The van der Waals surface area contributed by atoms with Crippen molar-refractivity contribution in [3.05, 3.63) is 83.1 Å². The molecule has 0 saturated heterocycles. The summed E-state index contributed by atoms with van der Waals surface area (Å²) in [5.41, 5.74) is 1.67. The van der Waals surface area contributed by atoms with Crippen molar-refractivity contribution in [1.82, 2.24) is 0 Å². The molecule has 1 aliphatic rings. The minimum Gasteiger partial charge on any atom is -0.497 e. The zero-order valence-corrected chi connectivity index (χ0v) is 18.4. The number of carbonyl (C=O) groups is 2. The number of ketones is 2. The standard InChI is InChI=1S/C26H22O7/c1-29-18-7-5-17(6-8-18)21(27)15-32-19-9-10-20-23(14-19)33-25(26(20)28)13-16-4-11-22(30-2)24(12-16)31-3/h4-14H,15H2,1-3H3/b25-13-. The first kappa shape index (κ1) is 22.0. The van der Waals surface area contributed by atoms with Crippen LogP contribution in [0.25, 0.3) is 6.08 Å². The molecule has 0 atom stereocenters. The number of allylic oxidation sites excluding steroid dienone is 1. The molecule has 0 aliphatic carbocycles. The van der Waals surface area contributed by atoms with Crippen LogP contribution < -0.4 is 23.7 Å². The molecule has 0 fully saturated rings. The Balaban J connectivity index is 1.46. The number of rotatable bonds is 8. The van der Waals surface area contributed by atoms with Crippen LogP contribution in [0.1, 0.15) is 26.3 Å². The highest BCUT2D eigenvalue weighted by atomic mass is 16.5. The Morgan fingerprint density at radius 3 is 2.27 bits per heavy atom. The van der Waals surface area contributed by atoms with E-state index in [0.717, 1.165) is 5.56 Å². The van der Waals surface area contributed by atoms with E-state index in [2.05, 4.69) is 0 Å². The highest BCUT2D eigenvalue weighted by Crippen LogP contribution is 2.36. The molecule has 3 aromatic rings. The van der Waals surface area contributed by atoms with Gasteiger partial charge in [0.25, 0.3) is 0 Å². The Morgan fingerprint density at radius 1 is 0.848 bits per heavy atom. The molecule has 168 valence electrons. The van der Waals surface area contributed by atoms with Gasteiger partial charge in [0.1, 0.15) is 17.2 Å². The Kier molecular flexibility index (Phi) is 6.31. The molecule has 7 nitrogen and oxygen atoms in total. The molecular formula is C26H22O7. The molecule has 0 saturated carbocycles. The van der Waals surface area contributed by atoms with Crippen molar-refractivity contribution in [2.24, 2.45) is 0 Å². The average Bonchev–Trinajstić information content (AvgIpc) is 3.16. The molecule has 0 aromatic heterocycles. The third-order valence-electron chi connectivity index (χ3n) is 5.13. The lowest BCUT2D eigenvalue weighted by Crippen LogP contribution is -2.11. The van der Waals surface area contributed by atoms with E-state index < -0.39 is 0 Å². The highest BCUT2D eigenvalue weighted by Gasteiger charge is 2.28. The van der Waals surface area contributed by atoms with E-state index in [9.17, 15) is 9.59 Å². The maximum atomic E-state index is 12.7. The van der Waals surface area contributed by atoms with E-state index in [0.29, 0.717) is 39.9 Å². The van der Waals surface area contributed by atoms with Gasteiger partial charge >= 0.3 is 0 Å². The Morgan fingerprint density at radius 2 is 1.58 bits per heavy atom. The van der Waals surface area contributed by atoms with E-state index in [1.807, 2.05) is 0 Å². The van der Waals surface area contributed by atoms with Crippen LogP contribution in [0.5, 0.6) is 28.7 Å². The van der Waals surface area contributed by atoms with Crippen molar-refractivity contribution in [2.45, 2.75) is 0 Å². The molecule has 0 amide bonds. The van der Waals surface area contributed by atoms with Crippen LogP contribution in [0.15, 0.2) is 66.4 Å². The maximum absolute atomic E-state index is 12.7. The molecule has 0 N–H and O–H groups in total. The molecule has 4 rings (SSSR count). The fourth-order valence-electron chi connectivity index (χ4n) is 3.36. The third kappa shape index (κ3) is 4.67. The topological polar surface area (TPSA) is 80.3 Å². The summed E-state index contributed by atoms with van der Waals surface area (Å²) >= 11 is 0. The van der Waals surface area contributed by atoms with Gasteiger partial charge < -0.3 is 23.7 Å². The predicted molar refractivity (Wildman–Crippen MR) is 122 cm³/mol. The summed E-state index contributed by atoms with van der Waals surface area (Å²) in [6.07, 6.45) is 1.64. The normalized spacial score (nSPS) is 13.3.